The Morgan fingerprint density at radius 2 is 2.17 bits per heavy atom. The minimum atomic E-state index is -0.153. The quantitative estimate of drug-likeness (QED) is 0.717. The average Bonchev–Trinajstić information content (AvgIpc) is 3.13. The summed E-state index contributed by atoms with van der Waals surface area (Å²) < 4.78 is 1.73. The maximum atomic E-state index is 12.3. The Labute approximate surface area is 147 Å². The highest BCUT2D eigenvalue weighted by Crippen LogP contribution is 2.22. The average molecular weight is 366 g/mol. The molecule has 2 aromatic heterocycles. The number of anilines is 1. The molecule has 0 saturated heterocycles. The number of thiophene rings is 1. The Bertz CT molecular complexity index is 857. The number of nitrogens with zero attached hydrogens (tertiary/aromatic N) is 2. The molecule has 0 spiro atoms. The van der Waals surface area contributed by atoms with Crippen LogP contribution < -0.4 is 5.32 Å². The molecule has 1 N–H and O–H groups in total. The van der Waals surface area contributed by atoms with E-state index in [1.807, 2.05) is 30.5 Å². The maximum Gasteiger partial charge on any atom is 0.265 e. The molecule has 7 heteroatoms. The van der Waals surface area contributed by atoms with Crippen LogP contribution in [0.4, 0.5) is 5.69 Å². The highest BCUT2D eigenvalue weighted by Gasteiger charge is 2.11. The number of hydrogen-bond donors (Lipinski definition) is 1. The van der Waals surface area contributed by atoms with Gasteiger partial charge < -0.3 is 5.32 Å². The van der Waals surface area contributed by atoms with Crippen LogP contribution >= 0.6 is 34.5 Å². The topological polar surface area (TPSA) is 46.9 Å². The predicted molar refractivity (Wildman–Crippen MR) is 94.8 cm³/mol. The van der Waals surface area contributed by atoms with Crippen molar-refractivity contribution in [2.45, 2.75) is 13.5 Å². The van der Waals surface area contributed by atoms with Crippen LogP contribution in [0, 0.1) is 6.92 Å². The fraction of sp³-hybridized carbons (Fsp3) is 0.125. The van der Waals surface area contributed by atoms with Gasteiger partial charge in [-0.3, -0.25) is 9.48 Å². The number of hydrogen-bond acceptors (Lipinski definition) is 3. The third kappa shape index (κ3) is 3.93. The van der Waals surface area contributed by atoms with Crippen molar-refractivity contribution >= 4 is 46.1 Å². The summed E-state index contributed by atoms with van der Waals surface area (Å²) in [6, 6.07) is 7.30. The maximum absolute atomic E-state index is 12.3. The smallest absolute Gasteiger partial charge is 0.265 e. The highest BCUT2D eigenvalue weighted by molar-refractivity contribution is 7.12. The van der Waals surface area contributed by atoms with Crippen molar-refractivity contribution < 1.29 is 4.79 Å². The molecular weight excluding hydrogens is 353 g/mol. The van der Waals surface area contributed by atoms with E-state index in [0.29, 0.717) is 27.2 Å². The van der Waals surface area contributed by atoms with Gasteiger partial charge in [-0.15, -0.1) is 11.3 Å². The van der Waals surface area contributed by atoms with Gasteiger partial charge in [-0.25, -0.2) is 0 Å². The highest BCUT2D eigenvalue weighted by atomic mass is 35.5. The van der Waals surface area contributed by atoms with E-state index in [4.69, 9.17) is 23.2 Å². The van der Waals surface area contributed by atoms with Gasteiger partial charge in [0.25, 0.3) is 5.91 Å². The molecule has 0 aliphatic rings. The number of carbonyl (C=O) groups is 1. The second kappa shape index (κ2) is 6.74. The van der Waals surface area contributed by atoms with Gasteiger partial charge in [0.2, 0.25) is 0 Å². The monoisotopic (exact) mass is 365 g/mol. The lowest BCUT2D eigenvalue weighted by molar-refractivity contribution is 0.103. The van der Waals surface area contributed by atoms with Gasteiger partial charge >= 0.3 is 0 Å². The number of amides is 1. The molecule has 2 heterocycles. The number of benzene rings is 1. The predicted octanol–water partition coefficient (Wildman–Crippen LogP) is 4.86. The van der Waals surface area contributed by atoms with Gasteiger partial charge in [0.15, 0.2) is 0 Å². The lowest BCUT2D eigenvalue weighted by atomic mass is 10.2. The summed E-state index contributed by atoms with van der Waals surface area (Å²) in [5, 5.41) is 10.1. The summed E-state index contributed by atoms with van der Waals surface area (Å²) in [5.74, 6) is -0.153. The van der Waals surface area contributed by atoms with Crippen LogP contribution in [0.3, 0.4) is 0 Å². The molecule has 0 aliphatic carbocycles. The van der Waals surface area contributed by atoms with Gasteiger partial charge in [0, 0.05) is 16.9 Å². The molecule has 0 bridgehead atoms. The van der Waals surface area contributed by atoms with E-state index in [-0.39, 0.29) is 5.91 Å². The fourth-order valence-electron chi connectivity index (χ4n) is 2.05. The number of aromatic nitrogens is 2. The second-order valence-electron chi connectivity index (χ2n) is 5.09. The zero-order valence-corrected chi connectivity index (χ0v) is 14.5. The van der Waals surface area contributed by atoms with Gasteiger partial charge in [0.05, 0.1) is 22.6 Å². The van der Waals surface area contributed by atoms with Gasteiger partial charge in [0.1, 0.15) is 0 Å². The number of aryl methyl sites for hydroxylation is 1. The van der Waals surface area contributed by atoms with E-state index in [2.05, 4.69) is 10.4 Å². The van der Waals surface area contributed by atoms with E-state index >= 15 is 0 Å². The Kier molecular flexibility index (Phi) is 4.71. The molecule has 3 rings (SSSR count). The molecule has 0 radical (unpaired) electrons. The summed E-state index contributed by atoms with van der Waals surface area (Å²) in [4.78, 5) is 12.9. The van der Waals surface area contributed by atoms with Crippen LogP contribution in [0.2, 0.25) is 10.0 Å². The molecule has 0 fully saturated rings. The Morgan fingerprint density at radius 1 is 1.35 bits per heavy atom. The van der Waals surface area contributed by atoms with Crippen molar-refractivity contribution in [3.05, 3.63) is 68.1 Å². The first kappa shape index (κ1) is 16.1. The Hall–Kier alpha value is -1.82. The minimum Gasteiger partial charge on any atom is -0.321 e. The third-order valence-electron chi connectivity index (χ3n) is 3.25. The van der Waals surface area contributed by atoms with Crippen LogP contribution in [-0.2, 0) is 6.54 Å². The van der Waals surface area contributed by atoms with Crippen molar-refractivity contribution in [2.75, 3.05) is 5.32 Å². The third-order valence-corrected chi connectivity index (χ3v) is 4.83. The summed E-state index contributed by atoms with van der Waals surface area (Å²) in [7, 11) is 0. The molecular formula is C16H13Cl2N3OS. The lowest BCUT2D eigenvalue weighted by Crippen LogP contribution is -2.10. The Balaban J connectivity index is 1.69. The van der Waals surface area contributed by atoms with E-state index in [0.717, 1.165) is 11.1 Å². The van der Waals surface area contributed by atoms with E-state index < -0.39 is 0 Å². The molecule has 1 aromatic carbocycles. The standard InChI is InChI=1S/C16H13Cl2N3OS/c1-10-2-3-13(5-14(10)18)20-16(22)15-4-11(9-23-15)7-21-8-12(17)6-19-21/h2-6,8-9H,7H2,1H3,(H,20,22). The fourth-order valence-corrected chi connectivity index (χ4v) is 3.19. The zero-order valence-electron chi connectivity index (χ0n) is 12.2. The van der Waals surface area contributed by atoms with Crippen LogP contribution in [0.5, 0.6) is 0 Å². The molecule has 118 valence electrons. The van der Waals surface area contributed by atoms with Crippen LogP contribution in [0.15, 0.2) is 42.0 Å². The molecule has 0 atom stereocenters. The Morgan fingerprint density at radius 3 is 2.87 bits per heavy atom. The number of nitrogens with one attached hydrogen (secondary N) is 1. The minimum absolute atomic E-state index is 0.153. The molecule has 0 saturated carbocycles. The van der Waals surface area contributed by atoms with Gasteiger partial charge in [-0.2, -0.15) is 5.10 Å². The molecule has 3 aromatic rings. The molecule has 0 unspecified atom stereocenters. The number of carbonyl (C=O) groups excluding carboxylic acids is 1. The zero-order chi connectivity index (χ0) is 16.4. The normalized spacial score (nSPS) is 10.7. The summed E-state index contributed by atoms with van der Waals surface area (Å²) in [6.07, 6.45) is 3.33. The van der Waals surface area contributed by atoms with Gasteiger partial charge in [-0.1, -0.05) is 29.3 Å². The van der Waals surface area contributed by atoms with Gasteiger partial charge in [-0.05, 0) is 41.6 Å². The molecule has 1 amide bonds. The van der Waals surface area contributed by atoms with Crippen molar-refractivity contribution in [2.24, 2.45) is 0 Å². The molecule has 23 heavy (non-hydrogen) atoms. The summed E-state index contributed by atoms with van der Waals surface area (Å²) >= 11 is 13.3. The molecule has 4 nitrogen and oxygen atoms in total. The van der Waals surface area contributed by atoms with Crippen LogP contribution in [0.25, 0.3) is 0 Å². The largest absolute Gasteiger partial charge is 0.321 e. The van der Waals surface area contributed by atoms with E-state index in [1.165, 1.54) is 11.3 Å². The van der Waals surface area contributed by atoms with Crippen molar-refractivity contribution in [3.8, 4) is 0 Å². The first-order valence-corrected chi connectivity index (χ1v) is 8.48. The summed E-state index contributed by atoms with van der Waals surface area (Å²) in [5.41, 5.74) is 2.65. The SMILES string of the molecule is Cc1ccc(NC(=O)c2cc(Cn3cc(Cl)cn3)cs2)cc1Cl. The summed E-state index contributed by atoms with van der Waals surface area (Å²) in [6.45, 7) is 2.49. The van der Waals surface area contributed by atoms with Crippen molar-refractivity contribution in [1.29, 1.82) is 0 Å². The van der Waals surface area contributed by atoms with E-state index in [1.54, 1.807) is 23.1 Å². The first-order valence-electron chi connectivity index (χ1n) is 6.84. The molecule has 0 aliphatic heterocycles. The number of halogens is 2. The first-order chi connectivity index (χ1) is 11.0. The number of rotatable bonds is 4. The van der Waals surface area contributed by atoms with Crippen molar-refractivity contribution in [3.63, 3.8) is 0 Å². The second-order valence-corrected chi connectivity index (χ2v) is 6.85. The van der Waals surface area contributed by atoms with E-state index in [9.17, 15) is 4.79 Å². The van der Waals surface area contributed by atoms with Crippen LogP contribution in [0.1, 0.15) is 20.8 Å². The van der Waals surface area contributed by atoms with Crippen LogP contribution in [-0.4, -0.2) is 15.7 Å². The van der Waals surface area contributed by atoms with Crippen molar-refractivity contribution in [1.82, 2.24) is 9.78 Å². The lowest BCUT2D eigenvalue weighted by Gasteiger charge is -2.05.